The van der Waals surface area contributed by atoms with Crippen LogP contribution in [0, 0.1) is 11.8 Å². The largest absolute Gasteiger partial charge is 0.492 e. The van der Waals surface area contributed by atoms with Gasteiger partial charge in [0.25, 0.3) is 0 Å². The minimum atomic E-state index is -3.95. The maximum absolute atomic E-state index is 13.4. The van der Waals surface area contributed by atoms with Gasteiger partial charge in [-0.25, -0.2) is 8.42 Å². The number of hydrogen-bond acceptors (Lipinski definition) is 7. The van der Waals surface area contributed by atoms with E-state index in [0.717, 1.165) is 30.9 Å². The lowest BCUT2D eigenvalue weighted by Crippen LogP contribution is -2.33. The number of nitrogens with zero attached hydrogens (tertiary/aromatic N) is 1. The molecule has 0 bridgehead atoms. The monoisotopic (exact) mass is 527 g/mol. The van der Waals surface area contributed by atoms with E-state index in [9.17, 15) is 13.2 Å². The first-order valence-corrected chi connectivity index (χ1v) is 14.5. The van der Waals surface area contributed by atoms with Crippen molar-refractivity contribution in [2.45, 2.75) is 56.1 Å². The number of aryl methyl sites for hydroxylation is 1. The molecule has 0 aromatic heterocycles. The molecule has 0 amide bonds. The number of piperidine rings is 1. The van der Waals surface area contributed by atoms with Gasteiger partial charge in [-0.1, -0.05) is 24.5 Å². The molecule has 0 radical (unpaired) electrons. The number of carbonyl (C=O) groups excluding carboxylic acids is 1. The van der Waals surface area contributed by atoms with Crippen LogP contribution in [0.3, 0.4) is 0 Å². The molecule has 1 heterocycles. The summed E-state index contributed by atoms with van der Waals surface area (Å²) in [5.41, 5.74) is 0.925. The summed E-state index contributed by atoms with van der Waals surface area (Å²) in [7, 11) is -3.95. The first kappa shape index (κ1) is 28.5. The molecule has 1 aliphatic heterocycles. The Hall–Kier alpha value is -3.02. The highest BCUT2D eigenvalue weighted by molar-refractivity contribution is 7.92. The number of esters is 1. The quantitative estimate of drug-likeness (QED) is 0.284. The third-order valence-corrected chi connectivity index (χ3v) is 8.41. The summed E-state index contributed by atoms with van der Waals surface area (Å²) in [6.45, 7) is 7.54. The zero-order chi connectivity index (χ0) is 26.5. The van der Waals surface area contributed by atoms with E-state index in [-0.39, 0.29) is 24.5 Å². The van der Waals surface area contributed by atoms with Crippen molar-refractivity contribution < 1.29 is 27.4 Å². The molecule has 0 saturated carbocycles. The summed E-state index contributed by atoms with van der Waals surface area (Å²) in [6.07, 6.45) is 4.35. The summed E-state index contributed by atoms with van der Waals surface area (Å²) in [5, 5.41) is -1.30. The van der Waals surface area contributed by atoms with Gasteiger partial charge in [-0.3, -0.25) is 9.69 Å². The van der Waals surface area contributed by atoms with Gasteiger partial charge in [0.1, 0.15) is 24.7 Å². The van der Waals surface area contributed by atoms with Crippen molar-refractivity contribution in [3.05, 3.63) is 54.1 Å². The summed E-state index contributed by atoms with van der Waals surface area (Å²) in [5.74, 6) is 6.07. The summed E-state index contributed by atoms with van der Waals surface area (Å²) in [4.78, 5) is 15.1. The third kappa shape index (κ3) is 8.80. The fourth-order valence-corrected chi connectivity index (χ4v) is 5.84. The molecule has 1 atom stereocenters. The van der Waals surface area contributed by atoms with Crippen LogP contribution < -0.4 is 9.47 Å². The Bertz CT molecular complexity index is 1140. The van der Waals surface area contributed by atoms with E-state index in [2.05, 4.69) is 16.7 Å². The average Bonchev–Trinajstić information content (AvgIpc) is 2.91. The molecule has 1 fully saturated rings. The van der Waals surface area contributed by atoms with E-state index in [1.165, 1.54) is 31.4 Å². The Labute approximate surface area is 221 Å². The molecular formula is C29H37NO6S. The van der Waals surface area contributed by atoms with Crippen LogP contribution >= 0.6 is 0 Å². The number of rotatable bonds is 13. The molecule has 2 aromatic carbocycles. The van der Waals surface area contributed by atoms with E-state index >= 15 is 0 Å². The zero-order valence-corrected chi connectivity index (χ0v) is 22.6. The van der Waals surface area contributed by atoms with Gasteiger partial charge in [-0.15, -0.1) is 5.92 Å². The lowest BCUT2D eigenvalue weighted by molar-refractivity contribution is -0.142. The van der Waals surface area contributed by atoms with E-state index in [1.807, 2.05) is 24.3 Å². The van der Waals surface area contributed by atoms with Gasteiger partial charge in [0.2, 0.25) is 0 Å². The van der Waals surface area contributed by atoms with Gasteiger partial charge < -0.3 is 14.2 Å². The molecule has 1 unspecified atom stereocenters. The first-order valence-electron chi connectivity index (χ1n) is 12.9. The fraction of sp³-hybridized carbons (Fsp3) is 0.483. The van der Waals surface area contributed by atoms with Crippen LogP contribution in [0.5, 0.6) is 11.5 Å². The Balaban J connectivity index is 1.60. The van der Waals surface area contributed by atoms with Crippen molar-refractivity contribution in [3.8, 4) is 23.3 Å². The molecule has 8 heteroatoms. The Morgan fingerprint density at radius 1 is 0.973 bits per heavy atom. The molecule has 0 N–H and O–H groups in total. The number of sulfone groups is 1. The van der Waals surface area contributed by atoms with Crippen molar-refractivity contribution in [2.24, 2.45) is 0 Å². The summed E-state index contributed by atoms with van der Waals surface area (Å²) >= 11 is 0. The van der Waals surface area contributed by atoms with Gasteiger partial charge in [0.15, 0.2) is 15.1 Å². The number of benzene rings is 2. The molecule has 0 spiro atoms. The van der Waals surface area contributed by atoms with Crippen molar-refractivity contribution in [1.82, 2.24) is 4.90 Å². The van der Waals surface area contributed by atoms with Crippen LogP contribution in [0.15, 0.2) is 53.4 Å². The van der Waals surface area contributed by atoms with Crippen LogP contribution in [-0.2, 0) is 25.8 Å². The number of carbonyl (C=O) groups is 1. The highest BCUT2D eigenvalue weighted by atomic mass is 32.2. The predicted molar refractivity (Wildman–Crippen MR) is 144 cm³/mol. The molecular weight excluding hydrogens is 490 g/mol. The summed E-state index contributed by atoms with van der Waals surface area (Å²) in [6, 6.07) is 13.6. The molecule has 0 aliphatic carbocycles. The number of ether oxygens (including phenoxy) is 3. The van der Waals surface area contributed by atoms with Gasteiger partial charge in [-0.2, -0.15) is 0 Å². The molecule has 1 aliphatic rings. The highest BCUT2D eigenvalue weighted by Crippen LogP contribution is 2.24. The summed E-state index contributed by atoms with van der Waals surface area (Å²) < 4.78 is 43.2. The predicted octanol–water partition coefficient (Wildman–Crippen LogP) is 4.29. The molecule has 2 aromatic rings. The Morgan fingerprint density at radius 3 is 2.27 bits per heavy atom. The van der Waals surface area contributed by atoms with Gasteiger partial charge in [-0.05, 0) is 94.6 Å². The average molecular weight is 528 g/mol. The standard InChI is InChI=1S/C29H37NO6S/c1-3-5-22-35-26-14-16-27(17-15-26)37(32,33)28(29(31)34-4-2)18-11-24-9-12-25(13-10-24)36-23-21-30-19-7-6-8-20-30/h9-10,12-17,28H,4,6-8,11,18-23H2,1-2H3. The van der Waals surface area contributed by atoms with Crippen LogP contribution in [-0.4, -0.2) is 64.0 Å². The highest BCUT2D eigenvalue weighted by Gasteiger charge is 2.35. The second kappa shape index (κ2) is 14.7. The minimum Gasteiger partial charge on any atom is -0.492 e. The third-order valence-electron chi connectivity index (χ3n) is 6.31. The number of likely N-dealkylation sites (tertiary alicyclic amines) is 1. The zero-order valence-electron chi connectivity index (χ0n) is 21.8. The smallest absolute Gasteiger partial charge is 0.324 e. The topological polar surface area (TPSA) is 82.1 Å². The maximum Gasteiger partial charge on any atom is 0.324 e. The molecule has 37 heavy (non-hydrogen) atoms. The van der Waals surface area contributed by atoms with Crippen molar-refractivity contribution in [2.75, 3.05) is 39.5 Å². The van der Waals surface area contributed by atoms with Crippen LogP contribution in [0.25, 0.3) is 0 Å². The SMILES string of the molecule is CC#CCOc1ccc(S(=O)(=O)C(CCc2ccc(OCCN3CCCCC3)cc2)C(=O)OCC)cc1. The van der Waals surface area contributed by atoms with Crippen molar-refractivity contribution in [3.63, 3.8) is 0 Å². The van der Waals surface area contributed by atoms with E-state index in [1.54, 1.807) is 26.0 Å². The second-order valence-electron chi connectivity index (χ2n) is 8.91. The van der Waals surface area contributed by atoms with Crippen molar-refractivity contribution >= 4 is 15.8 Å². The molecule has 1 saturated heterocycles. The lowest BCUT2D eigenvalue weighted by Gasteiger charge is -2.26. The van der Waals surface area contributed by atoms with Gasteiger partial charge in [0.05, 0.1) is 11.5 Å². The molecule has 7 nitrogen and oxygen atoms in total. The van der Waals surface area contributed by atoms with Crippen LogP contribution in [0.4, 0.5) is 0 Å². The van der Waals surface area contributed by atoms with Crippen molar-refractivity contribution in [1.29, 1.82) is 0 Å². The fourth-order valence-electron chi connectivity index (χ4n) is 4.24. The molecule has 200 valence electrons. The Morgan fingerprint density at radius 2 is 1.62 bits per heavy atom. The second-order valence-corrected chi connectivity index (χ2v) is 11.0. The lowest BCUT2D eigenvalue weighted by atomic mass is 10.1. The first-order chi connectivity index (χ1) is 17.9. The van der Waals surface area contributed by atoms with Gasteiger partial charge >= 0.3 is 5.97 Å². The normalized spacial score (nSPS) is 14.8. The van der Waals surface area contributed by atoms with E-state index in [0.29, 0.717) is 18.8 Å². The maximum atomic E-state index is 13.4. The minimum absolute atomic E-state index is 0.0527. The van der Waals surface area contributed by atoms with Crippen LogP contribution in [0.2, 0.25) is 0 Å². The molecule has 3 rings (SSSR count). The van der Waals surface area contributed by atoms with Crippen LogP contribution in [0.1, 0.15) is 45.1 Å². The van der Waals surface area contributed by atoms with Gasteiger partial charge in [0, 0.05) is 6.54 Å². The van der Waals surface area contributed by atoms with E-state index < -0.39 is 21.1 Å². The number of hydrogen-bond donors (Lipinski definition) is 0. The Kier molecular flexibility index (Phi) is 11.3. The van der Waals surface area contributed by atoms with E-state index in [4.69, 9.17) is 14.2 Å².